The van der Waals surface area contributed by atoms with Crippen LogP contribution in [0.15, 0.2) is 48.5 Å². The normalized spacial score (nSPS) is 10.9. The maximum atomic E-state index is 9.50. The molecule has 26 heavy (non-hydrogen) atoms. The molecule has 0 spiro atoms. The minimum absolute atomic E-state index is 0.304. The van der Waals surface area contributed by atoms with Gasteiger partial charge in [0.15, 0.2) is 0 Å². The standard InChI is InChI=1S/C24H26O2/c1-15-16(2)24(14-20-7-11-22(26)12-8-20)18(4)17(3)23(15)13-19-5-9-21(25)10-6-19/h5-12,25-26H,13-14H2,1-4H3. The number of aromatic hydroxyl groups is 2. The van der Waals surface area contributed by atoms with Crippen LogP contribution in [0.1, 0.15) is 44.5 Å². The lowest BCUT2D eigenvalue weighted by molar-refractivity contribution is 0.474. The van der Waals surface area contributed by atoms with Gasteiger partial charge >= 0.3 is 0 Å². The third-order valence-corrected chi connectivity index (χ3v) is 5.57. The summed E-state index contributed by atoms with van der Waals surface area (Å²) in [6.07, 6.45) is 1.75. The minimum Gasteiger partial charge on any atom is -0.508 e. The fourth-order valence-electron chi connectivity index (χ4n) is 3.63. The van der Waals surface area contributed by atoms with Crippen LogP contribution in [0, 0.1) is 27.7 Å². The number of benzene rings is 3. The van der Waals surface area contributed by atoms with E-state index in [1.807, 2.05) is 24.3 Å². The van der Waals surface area contributed by atoms with Gasteiger partial charge in [0.1, 0.15) is 11.5 Å². The van der Waals surface area contributed by atoms with E-state index in [0.717, 1.165) is 12.8 Å². The monoisotopic (exact) mass is 346 g/mol. The molecule has 0 heterocycles. The first kappa shape index (κ1) is 18.1. The van der Waals surface area contributed by atoms with E-state index in [2.05, 4.69) is 27.7 Å². The number of rotatable bonds is 4. The van der Waals surface area contributed by atoms with Gasteiger partial charge in [-0.2, -0.15) is 0 Å². The summed E-state index contributed by atoms with van der Waals surface area (Å²) in [6, 6.07) is 15.0. The summed E-state index contributed by atoms with van der Waals surface area (Å²) in [5, 5.41) is 19.0. The zero-order valence-corrected chi connectivity index (χ0v) is 15.9. The topological polar surface area (TPSA) is 40.5 Å². The van der Waals surface area contributed by atoms with Gasteiger partial charge in [-0.05, 0) is 109 Å². The van der Waals surface area contributed by atoms with Crippen LogP contribution in [0.2, 0.25) is 0 Å². The first-order valence-electron chi connectivity index (χ1n) is 9.00. The average Bonchev–Trinajstić information content (AvgIpc) is 2.64. The van der Waals surface area contributed by atoms with Crippen molar-refractivity contribution in [1.82, 2.24) is 0 Å². The Morgan fingerprint density at radius 2 is 0.769 bits per heavy atom. The van der Waals surface area contributed by atoms with E-state index in [1.165, 1.54) is 44.5 Å². The average molecular weight is 346 g/mol. The second-order valence-electron chi connectivity index (χ2n) is 7.14. The van der Waals surface area contributed by atoms with Gasteiger partial charge in [-0.1, -0.05) is 24.3 Å². The molecule has 0 bridgehead atoms. The Bertz CT molecular complexity index is 812. The number of hydrogen-bond donors (Lipinski definition) is 2. The Hall–Kier alpha value is -2.74. The van der Waals surface area contributed by atoms with Gasteiger partial charge in [0.25, 0.3) is 0 Å². The Morgan fingerprint density at radius 1 is 0.500 bits per heavy atom. The lowest BCUT2D eigenvalue weighted by Gasteiger charge is -2.21. The van der Waals surface area contributed by atoms with E-state index in [-0.39, 0.29) is 0 Å². The van der Waals surface area contributed by atoms with E-state index in [1.54, 1.807) is 24.3 Å². The molecule has 3 aromatic carbocycles. The highest BCUT2D eigenvalue weighted by Gasteiger charge is 2.15. The molecule has 0 amide bonds. The molecule has 2 heteroatoms. The van der Waals surface area contributed by atoms with E-state index in [9.17, 15) is 10.2 Å². The first-order chi connectivity index (χ1) is 12.4. The molecule has 0 radical (unpaired) electrons. The molecule has 2 N–H and O–H groups in total. The molecular weight excluding hydrogens is 320 g/mol. The highest BCUT2D eigenvalue weighted by atomic mass is 16.3. The van der Waals surface area contributed by atoms with Crippen molar-refractivity contribution in [3.05, 3.63) is 93.0 Å². The van der Waals surface area contributed by atoms with Crippen molar-refractivity contribution in [3.63, 3.8) is 0 Å². The maximum Gasteiger partial charge on any atom is 0.115 e. The SMILES string of the molecule is Cc1c(C)c(Cc2ccc(O)cc2)c(C)c(C)c1Cc1ccc(O)cc1. The molecule has 134 valence electrons. The van der Waals surface area contributed by atoms with Crippen LogP contribution < -0.4 is 0 Å². The number of phenolic OH excluding ortho intramolecular Hbond substituents is 2. The van der Waals surface area contributed by atoms with Crippen molar-refractivity contribution >= 4 is 0 Å². The molecule has 2 nitrogen and oxygen atoms in total. The number of hydrogen-bond acceptors (Lipinski definition) is 2. The number of phenols is 2. The Morgan fingerprint density at radius 3 is 1.04 bits per heavy atom. The van der Waals surface area contributed by atoms with E-state index in [0.29, 0.717) is 11.5 Å². The van der Waals surface area contributed by atoms with Crippen molar-refractivity contribution in [2.75, 3.05) is 0 Å². The molecule has 3 aromatic rings. The molecule has 0 aliphatic heterocycles. The van der Waals surface area contributed by atoms with Crippen LogP contribution in [0.4, 0.5) is 0 Å². The molecule has 0 atom stereocenters. The van der Waals surface area contributed by atoms with Gasteiger partial charge in [0, 0.05) is 0 Å². The summed E-state index contributed by atoms with van der Waals surface area (Å²) in [5.74, 6) is 0.609. The molecule has 0 saturated heterocycles. The quantitative estimate of drug-likeness (QED) is 0.653. The zero-order chi connectivity index (χ0) is 18.8. The molecular formula is C24H26O2. The van der Waals surface area contributed by atoms with Gasteiger partial charge in [0.2, 0.25) is 0 Å². The fraction of sp³-hybridized carbons (Fsp3) is 0.250. The van der Waals surface area contributed by atoms with Crippen LogP contribution in [0.3, 0.4) is 0 Å². The summed E-state index contributed by atoms with van der Waals surface area (Å²) < 4.78 is 0. The van der Waals surface area contributed by atoms with Crippen molar-refractivity contribution < 1.29 is 10.2 Å². The van der Waals surface area contributed by atoms with Gasteiger partial charge < -0.3 is 10.2 Å². The van der Waals surface area contributed by atoms with Crippen molar-refractivity contribution in [2.24, 2.45) is 0 Å². The van der Waals surface area contributed by atoms with E-state index in [4.69, 9.17) is 0 Å². The molecule has 3 rings (SSSR count). The smallest absolute Gasteiger partial charge is 0.115 e. The summed E-state index contributed by atoms with van der Waals surface area (Å²) in [5.41, 5.74) is 10.5. The summed E-state index contributed by atoms with van der Waals surface area (Å²) in [6.45, 7) is 8.82. The summed E-state index contributed by atoms with van der Waals surface area (Å²) >= 11 is 0. The molecule has 0 aliphatic carbocycles. The van der Waals surface area contributed by atoms with Crippen molar-refractivity contribution in [2.45, 2.75) is 40.5 Å². The first-order valence-corrected chi connectivity index (χ1v) is 9.00. The van der Waals surface area contributed by atoms with Crippen LogP contribution in [0.25, 0.3) is 0 Å². The predicted octanol–water partition coefficient (Wildman–Crippen LogP) is 5.51. The minimum atomic E-state index is 0.304. The van der Waals surface area contributed by atoms with Gasteiger partial charge in [-0.25, -0.2) is 0 Å². The van der Waals surface area contributed by atoms with Crippen LogP contribution >= 0.6 is 0 Å². The Balaban J connectivity index is 1.98. The third kappa shape index (κ3) is 3.60. The predicted molar refractivity (Wildman–Crippen MR) is 107 cm³/mol. The second kappa shape index (κ2) is 7.25. The fourth-order valence-corrected chi connectivity index (χ4v) is 3.63. The third-order valence-electron chi connectivity index (χ3n) is 5.57. The van der Waals surface area contributed by atoms with Gasteiger partial charge in [-0.3, -0.25) is 0 Å². The molecule has 0 aromatic heterocycles. The van der Waals surface area contributed by atoms with Crippen molar-refractivity contribution in [3.8, 4) is 11.5 Å². The second-order valence-corrected chi connectivity index (χ2v) is 7.14. The molecule has 0 saturated carbocycles. The van der Waals surface area contributed by atoms with Crippen molar-refractivity contribution in [1.29, 1.82) is 0 Å². The molecule has 0 aliphatic rings. The Labute approximate surface area is 155 Å². The summed E-state index contributed by atoms with van der Waals surface area (Å²) in [4.78, 5) is 0. The zero-order valence-electron chi connectivity index (χ0n) is 15.9. The van der Waals surface area contributed by atoms with Crippen LogP contribution in [-0.4, -0.2) is 10.2 Å². The lowest BCUT2D eigenvalue weighted by atomic mass is 9.84. The summed E-state index contributed by atoms with van der Waals surface area (Å²) in [7, 11) is 0. The molecule has 0 unspecified atom stereocenters. The van der Waals surface area contributed by atoms with E-state index < -0.39 is 0 Å². The largest absolute Gasteiger partial charge is 0.508 e. The maximum absolute atomic E-state index is 9.50. The van der Waals surface area contributed by atoms with E-state index >= 15 is 0 Å². The molecule has 0 fully saturated rings. The van der Waals surface area contributed by atoms with Crippen LogP contribution in [0.5, 0.6) is 11.5 Å². The highest BCUT2D eigenvalue weighted by Crippen LogP contribution is 2.30. The van der Waals surface area contributed by atoms with Crippen LogP contribution in [-0.2, 0) is 12.8 Å². The Kier molecular flexibility index (Phi) is 5.03. The highest BCUT2D eigenvalue weighted by molar-refractivity contribution is 5.53. The van der Waals surface area contributed by atoms with Gasteiger partial charge in [-0.15, -0.1) is 0 Å². The van der Waals surface area contributed by atoms with Gasteiger partial charge in [0.05, 0.1) is 0 Å². The lowest BCUT2D eigenvalue weighted by Crippen LogP contribution is -2.06.